The van der Waals surface area contributed by atoms with Crippen LogP contribution >= 0.6 is 11.8 Å². The van der Waals surface area contributed by atoms with Crippen LogP contribution in [0.3, 0.4) is 0 Å². The van der Waals surface area contributed by atoms with Gasteiger partial charge in [-0.2, -0.15) is 24.2 Å². The number of rotatable bonds is 5. The molecule has 0 aliphatic heterocycles. The molecule has 4 aliphatic rings. The first kappa shape index (κ1) is 32.1. The summed E-state index contributed by atoms with van der Waals surface area (Å²) in [5, 5.41) is 1.10. The van der Waals surface area contributed by atoms with E-state index in [2.05, 4.69) is 97.5 Å². The Morgan fingerprint density at radius 1 is 0.814 bits per heavy atom. The Labute approximate surface area is 272 Å². The summed E-state index contributed by atoms with van der Waals surface area (Å²) in [4.78, 5) is 8.34. The van der Waals surface area contributed by atoms with E-state index in [0.29, 0.717) is 5.54 Å². The zero-order valence-corrected chi connectivity index (χ0v) is 29.5. The summed E-state index contributed by atoms with van der Waals surface area (Å²) in [7, 11) is 0. The summed E-state index contributed by atoms with van der Waals surface area (Å²) >= 11 is 1.31. The Balaban J connectivity index is 0.000000149. The first-order valence-corrected chi connectivity index (χ1v) is 19.0. The predicted molar refractivity (Wildman–Crippen MR) is 180 cm³/mol. The number of benzene rings is 2. The average Bonchev–Trinajstić information content (AvgIpc) is 3.68. The number of aromatic nitrogens is 2. The molecule has 2 aromatic heterocycles. The molecule has 0 unspecified atom stereocenters. The van der Waals surface area contributed by atoms with Crippen LogP contribution in [0, 0.1) is 38.5 Å². The molecule has 43 heavy (non-hydrogen) atoms. The molecule has 4 fully saturated rings. The van der Waals surface area contributed by atoms with Crippen molar-refractivity contribution in [1.29, 1.82) is 0 Å². The Morgan fingerprint density at radius 2 is 1.40 bits per heavy atom. The van der Waals surface area contributed by atoms with E-state index in [4.69, 9.17) is 3.50 Å². The number of nitrogens with zero attached hydrogens (tertiary/aromatic N) is 3. The molecule has 0 saturated heterocycles. The Kier molecular flexibility index (Phi) is 10.6. The second kappa shape index (κ2) is 14.2. The number of thioether (sulfide) groups is 1. The largest absolute Gasteiger partial charge is 0.664 e. The topological polar surface area (TPSA) is 40.6 Å². The molecule has 4 bridgehead atoms. The molecule has 3 nitrogen and oxygen atoms in total. The van der Waals surface area contributed by atoms with Crippen LogP contribution in [0.15, 0.2) is 87.6 Å². The van der Waals surface area contributed by atoms with E-state index in [1.165, 1.54) is 66.3 Å². The summed E-state index contributed by atoms with van der Waals surface area (Å²) in [5.74, 6) is 3.05. The van der Waals surface area contributed by atoms with Gasteiger partial charge in [0.15, 0.2) is 0 Å². The van der Waals surface area contributed by atoms with Crippen LogP contribution in [0.5, 0.6) is 0 Å². The number of aryl methyl sites for hydroxylation is 3. The van der Waals surface area contributed by atoms with Crippen molar-refractivity contribution >= 4 is 16.2 Å². The van der Waals surface area contributed by atoms with Crippen LogP contribution in [0.1, 0.15) is 74.6 Å². The molecule has 8 rings (SSSR count). The zero-order valence-electron chi connectivity index (χ0n) is 26.7. The first-order chi connectivity index (χ1) is 20.7. The molecule has 4 aromatic rings. The molecular weight excluding hydrogens is 626 g/mol. The molecule has 2 aromatic carbocycles. The summed E-state index contributed by atoms with van der Waals surface area (Å²) in [5.41, 5.74) is 8.31. The molecule has 226 valence electrons. The summed E-state index contributed by atoms with van der Waals surface area (Å²) in [6.45, 7) is 11.1. The Bertz CT molecular complexity index is 1450. The quantitative estimate of drug-likeness (QED) is 0.157. The molecule has 2 heterocycles. The second-order valence-electron chi connectivity index (χ2n) is 13.5. The third kappa shape index (κ3) is 8.25. The molecular formula is C38H47MoN3S. The van der Waals surface area contributed by atoms with E-state index >= 15 is 0 Å². The van der Waals surface area contributed by atoms with Gasteiger partial charge in [0.05, 0.1) is 0 Å². The zero-order chi connectivity index (χ0) is 30.5. The van der Waals surface area contributed by atoms with Crippen LogP contribution in [0.2, 0.25) is 0 Å². The Morgan fingerprint density at radius 3 is 1.88 bits per heavy atom. The van der Waals surface area contributed by atoms with Crippen LogP contribution in [-0.4, -0.2) is 16.2 Å². The molecule has 0 amide bonds. The SMILES string of the molecule is CC(C)([CH]=[Mo+2]=[N]C12CC3CC(CC(C3)C1)C2)c1ccccc1.CSc1ccc[n-]1.Cc1cc(C)c(-c2ccc[n-]2)c(C)c1. The maximum absolute atomic E-state index is 5.40. The van der Waals surface area contributed by atoms with Crippen LogP contribution in [0.4, 0.5) is 0 Å². The van der Waals surface area contributed by atoms with E-state index in [-0.39, 0.29) is 23.3 Å². The minimum atomic E-state index is -0.353. The molecule has 0 radical (unpaired) electrons. The minimum absolute atomic E-state index is 0.176. The van der Waals surface area contributed by atoms with Gasteiger partial charge >= 0.3 is 143 Å². The smallest absolute Gasteiger partial charge is 0.0154 e. The van der Waals surface area contributed by atoms with Gasteiger partial charge in [-0.3, -0.25) is 0 Å². The van der Waals surface area contributed by atoms with Gasteiger partial charge in [-0.1, -0.05) is 42.0 Å². The van der Waals surface area contributed by atoms with Crippen molar-refractivity contribution in [3.8, 4) is 11.3 Å². The van der Waals surface area contributed by atoms with Gasteiger partial charge in [-0.15, -0.1) is 10.7 Å². The Hall–Kier alpha value is -2.29. The second-order valence-corrected chi connectivity index (χ2v) is 15.9. The standard InChI is InChI=1S/C13H14N.C10H15N.C10H12.C5H6NS.Mo/c1-9-7-10(2)13(11(3)8-9)12-5-4-6-14-12;11-10-4-7-1-8(5-10)3-9(2-7)6-10;1-10(2,3)9-7-5-4-6-8-9;1-7-5-3-2-4-6-5;/h4-8H,1-3H3;7-9H,1-6H2;1,4-8H,2-3H3;2-4H,1H3;/q-1;;;-1;+2. The van der Waals surface area contributed by atoms with Crippen molar-refractivity contribution in [3.05, 3.63) is 101 Å². The maximum Gasteiger partial charge on any atom is -0.0154 e. The molecule has 4 aliphatic carbocycles. The van der Waals surface area contributed by atoms with Gasteiger partial charge in [0.2, 0.25) is 0 Å². The van der Waals surface area contributed by atoms with Crippen LogP contribution in [0.25, 0.3) is 11.3 Å². The fourth-order valence-electron chi connectivity index (χ4n) is 7.82. The maximum atomic E-state index is 5.40. The van der Waals surface area contributed by atoms with Crippen LogP contribution in [-0.2, 0) is 23.3 Å². The van der Waals surface area contributed by atoms with Gasteiger partial charge in [-0.25, -0.2) is 0 Å². The van der Waals surface area contributed by atoms with Crippen molar-refractivity contribution < 1.29 is 17.9 Å². The molecule has 4 saturated carbocycles. The fourth-order valence-corrected chi connectivity index (χ4v) is 10.4. The molecule has 0 spiro atoms. The van der Waals surface area contributed by atoms with Crippen LogP contribution < -0.4 is 9.97 Å². The average molecular weight is 674 g/mol. The van der Waals surface area contributed by atoms with E-state index in [1.807, 2.05) is 30.7 Å². The fraction of sp³-hybridized carbons (Fsp3) is 0.447. The first-order valence-electron chi connectivity index (χ1n) is 15.7. The third-order valence-electron chi connectivity index (χ3n) is 9.34. The minimum Gasteiger partial charge on any atom is -0.664 e. The third-order valence-corrected chi connectivity index (χ3v) is 12.9. The van der Waals surface area contributed by atoms with Gasteiger partial charge < -0.3 is 9.97 Å². The van der Waals surface area contributed by atoms with Crippen molar-refractivity contribution in [1.82, 2.24) is 9.97 Å². The van der Waals surface area contributed by atoms with Gasteiger partial charge in [0, 0.05) is 0 Å². The van der Waals surface area contributed by atoms with Crippen molar-refractivity contribution in [2.45, 2.75) is 89.1 Å². The monoisotopic (exact) mass is 675 g/mol. The summed E-state index contributed by atoms with van der Waals surface area (Å²) in [6, 6.07) is 23.3. The van der Waals surface area contributed by atoms with Gasteiger partial charge in [0.1, 0.15) is 0 Å². The van der Waals surface area contributed by atoms with E-state index in [9.17, 15) is 0 Å². The predicted octanol–water partition coefficient (Wildman–Crippen LogP) is 9.60. The van der Waals surface area contributed by atoms with Gasteiger partial charge in [-0.05, 0) is 43.7 Å². The molecule has 5 heteroatoms. The van der Waals surface area contributed by atoms with Gasteiger partial charge in [0.25, 0.3) is 0 Å². The summed E-state index contributed by atoms with van der Waals surface area (Å²) in [6.07, 6.45) is 14.5. The normalized spacial score (nSPS) is 23.3. The molecule has 0 N–H and O–H groups in total. The van der Waals surface area contributed by atoms with Crippen molar-refractivity contribution in [2.75, 3.05) is 6.26 Å². The number of hydrogen-bond acceptors (Lipinski definition) is 2. The summed E-state index contributed by atoms with van der Waals surface area (Å²) < 4.78 is 7.96. The molecule has 0 atom stereocenters. The van der Waals surface area contributed by atoms with Crippen molar-refractivity contribution in [2.24, 2.45) is 21.2 Å². The number of hydrogen-bond donors (Lipinski definition) is 0. The van der Waals surface area contributed by atoms with E-state index < -0.39 is 0 Å². The van der Waals surface area contributed by atoms with Crippen molar-refractivity contribution in [3.63, 3.8) is 0 Å². The van der Waals surface area contributed by atoms with E-state index in [1.54, 1.807) is 18.0 Å². The van der Waals surface area contributed by atoms with E-state index in [0.717, 1.165) is 28.5 Å².